The predicted octanol–water partition coefficient (Wildman–Crippen LogP) is 2.16. The topological polar surface area (TPSA) is 59.8 Å². The van der Waals surface area contributed by atoms with Crippen LogP contribution in [-0.4, -0.2) is 20.4 Å². The lowest BCUT2D eigenvalue weighted by molar-refractivity contribution is -0.122. The number of hydrogen-bond acceptors (Lipinski definition) is 3. The van der Waals surface area contributed by atoms with Gasteiger partial charge >= 0.3 is 0 Å². The molecule has 0 saturated heterocycles. The van der Waals surface area contributed by atoms with Crippen molar-refractivity contribution < 1.29 is 4.79 Å². The SMILES string of the molecule is CC[C@@H](NC(=O)Cn1cnc(C)c1C)c1ccncc1. The van der Waals surface area contributed by atoms with Gasteiger partial charge in [0.25, 0.3) is 0 Å². The molecule has 0 aliphatic carbocycles. The third-order valence-corrected chi connectivity index (χ3v) is 3.51. The highest BCUT2D eigenvalue weighted by atomic mass is 16.2. The first-order chi connectivity index (χ1) is 9.61. The first-order valence-electron chi connectivity index (χ1n) is 6.79. The Morgan fingerprint density at radius 2 is 2.05 bits per heavy atom. The summed E-state index contributed by atoms with van der Waals surface area (Å²) in [5.41, 5.74) is 3.06. The zero-order chi connectivity index (χ0) is 14.5. The molecule has 0 aliphatic heterocycles. The molecule has 5 heteroatoms. The number of amides is 1. The molecule has 0 aliphatic rings. The first-order valence-corrected chi connectivity index (χ1v) is 6.79. The van der Waals surface area contributed by atoms with Gasteiger partial charge in [-0.15, -0.1) is 0 Å². The van der Waals surface area contributed by atoms with E-state index in [-0.39, 0.29) is 11.9 Å². The lowest BCUT2D eigenvalue weighted by Crippen LogP contribution is -2.31. The number of pyridine rings is 1. The Hall–Kier alpha value is -2.17. The zero-order valence-electron chi connectivity index (χ0n) is 12.1. The van der Waals surface area contributed by atoms with Crippen LogP contribution in [0, 0.1) is 13.8 Å². The van der Waals surface area contributed by atoms with Gasteiger partial charge in [0.2, 0.25) is 5.91 Å². The summed E-state index contributed by atoms with van der Waals surface area (Å²) >= 11 is 0. The summed E-state index contributed by atoms with van der Waals surface area (Å²) in [6.45, 7) is 6.26. The number of rotatable bonds is 5. The minimum atomic E-state index is -0.00541. The lowest BCUT2D eigenvalue weighted by atomic mass is 10.1. The molecule has 0 radical (unpaired) electrons. The molecule has 0 saturated carbocycles. The quantitative estimate of drug-likeness (QED) is 0.907. The molecule has 0 aromatic carbocycles. The summed E-state index contributed by atoms with van der Waals surface area (Å²) in [6.07, 6.45) is 6.04. The van der Waals surface area contributed by atoms with Crippen LogP contribution in [-0.2, 0) is 11.3 Å². The molecule has 2 rings (SSSR count). The van der Waals surface area contributed by atoms with E-state index in [9.17, 15) is 4.79 Å². The van der Waals surface area contributed by atoms with Crippen LogP contribution in [0.25, 0.3) is 0 Å². The van der Waals surface area contributed by atoms with Crippen molar-refractivity contribution in [3.05, 3.63) is 47.8 Å². The van der Waals surface area contributed by atoms with Crippen LogP contribution in [0.15, 0.2) is 30.9 Å². The monoisotopic (exact) mass is 272 g/mol. The molecule has 106 valence electrons. The number of aromatic nitrogens is 3. The van der Waals surface area contributed by atoms with Crippen LogP contribution in [0.1, 0.15) is 36.3 Å². The average molecular weight is 272 g/mol. The minimum Gasteiger partial charge on any atom is -0.348 e. The van der Waals surface area contributed by atoms with Crippen LogP contribution in [0.5, 0.6) is 0 Å². The molecular weight excluding hydrogens is 252 g/mol. The van der Waals surface area contributed by atoms with Crippen molar-refractivity contribution in [1.29, 1.82) is 0 Å². The molecule has 1 amide bonds. The molecule has 20 heavy (non-hydrogen) atoms. The fourth-order valence-electron chi connectivity index (χ4n) is 2.12. The van der Waals surface area contributed by atoms with Crippen molar-refractivity contribution in [1.82, 2.24) is 19.9 Å². The number of nitrogens with one attached hydrogen (secondary N) is 1. The molecular formula is C15H20N4O. The molecule has 2 aromatic heterocycles. The van der Waals surface area contributed by atoms with Crippen molar-refractivity contribution in [2.45, 2.75) is 39.8 Å². The highest BCUT2D eigenvalue weighted by Gasteiger charge is 2.13. The van der Waals surface area contributed by atoms with Gasteiger partial charge in [0.15, 0.2) is 0 Å². The van der Waals surface area contributed by atoms with E-state index < -0.39 is 0 Å². The van der Waals surface area contributed by atoms with E-state index in [1.165, 1.54) is 0 Å². The maximum atomic E-state index is 12.1. The average Bonchev–Trinajstić information content (AvgIpc) is 2.77. The Labute approximate surface area is 119 Å². The molecule has 2 aromatic rings. The molecule has 0 spiro atoms. The van der Waals surface area contributed by atoms with Crippen LogP contribution in [0.2, 0.25) is 0 Å². The first kappa shape index (κ1) is 14.2. The summed E-state index contributed by atoms with van der Waals surface area (Å²) in [6, 6.07) is 3.89. The third kappa shape index (κ3) is 3.23. The van der Waals surface area contributed by atoms with Gasteiger partial charge in [-0.2, -0.15) is 0 Å². The third-order valence-electron chi connectivity index (χ3n) is 3.51. The maximum absolute atomic E-state index is 12.1. The van der Waals surface area contributed by atoms with Crippen molar-refractivity contribution >= 4 is 5.91 Å². The van der Waals surface area contributed by atoms with E-state index >= 15 is 0 Å². The van der Waals surface area contributed by atoms with Gasteiger partial charge in [0.1, 0.15) is 6.54 Å². The van der Waals surface area contributed by atoms with E-state index in [4.69, 9.17) is 0 Å². The van der Waals surface area contributed by atoms with E-state index in [0.717, 1.165) is 23.4 Å². The van der Waals surface area contributed by atoms with E-state index in [2.05, 4.69) is 22.2 Å². The summed E-state index contributed by atoms with van der Waals surface area (Å²) in [5.74, 6) is -0.00541. The summed E-state index contributed by atoms with van der Waals surface area (Å²) in [7, 11) is 0. The van der Waals surface area contributed by atoms with Crippen LogP contribution in [0.3, 0.4) is 0 Å². The van der Waals surface area contributed by atoms with Gasteiger partial charge < -0.3 is 9.88 Å². The molecule has 1 atom stereocenters. The Kier molecular flexibility index (Phi) is 4.50. The standard InChI is InChI=1S/C15H20N4O/c1-4-14(13-5-7-16-8-6-13)18-15(20)9-19-10-17-11(2)12(19)3/h5-8,10,14H,4,9H2,1-3H3,(H,18,20)/t14-/m1/s1. The van der Waals surface area contributed by atoms with Crippen molar-refractivity contribution in [3.63, 3.8) is 0 Å². The number of hydrogen-bond donors (Lipinski definition) is 1. The highest BCUT2D eigenvalue weighted by Crippen LogP contribution is 2.15. The minimum absolute atomic E-state index is 0.00541. The normalized spacial score (nSPS) is 12.2. The van der Waals surface area contributed by atoms with Gasteiger partial charge in [-0.05, 0) is 38.0 Å². The lowest BCUT2D eigenvalue weighted by Gasteiger charge is -2.17. The van der Waals surface area contributed by atoms with Crippen molar-refractivity contribution in [2.24, 2.45) is 0 Å². The van der Waals surface area contributed by atoms with Gasteiger partial charge in [-0.1, -0.05) is 6.92 Å². The molecule has 5 nitrogen and oxygen atoms in total. The number of carbonyl (C=O) groups is 1. The van der Waals surface area contributed by atoms with Crippen LogP contribution >= 0.6 is 0 Å². The fraction of sp³-hybridized carbons (Fsp3) is 0.400. The fourth-order valence-corrected chi connectivity index (χ4v) is 2.12. The van der Waals surface area contributed by atoms with Gasteiger partial charge in [0, 0.05) is 18.1 Å². The molecule has 2 heterocycles. The largest absolute Gasteiger partial charge is 0.348 e. The Morgan fingerprint density at radius 1 is 1.35 bits per heavy atom. The van der Waals surface area contributed by atoms with E-state index in [1.54, 1.807) is 18.7 Å². The predicted molar refractivity (Wildman–Crippen MR) is 77.1 cm³/mol. The number of nitrogens with zero attached hydrogens (tertiary/aromatic N) is 3. The Bertz CT molecular complexity index is 577. The summed E-state index contributed by atoms with van der Waals surface area (Å²) in [4.78, 5) is 20.3. The van der Waals surface area contributed by atoms with Gasteiger partial charge in [-0.3, -0.25) is 9.78 Å². The number of carbonyl (C=O) groups excluding carboxylic acids is 1. The highest BCUT2D eigenvalue weighted by molar-refractivity contribution is 5.76. The molecule has 0 unspecified atom stereocenters. The van der Waals surface area contributed by atoms with Crippen molar-refractivity contribution in [3.8, 4) is 0 Å². The zero-order valence-corrected chi connectivity index (χ0v) is 12.1. The Balaban J connectivity index is 2.01. The molecule has 0 bridgehead atoms. The van der Waals surface area contributed by atoms with Gasteiger partial charge in [-0.25, -0.2) is 4.98 Å². The summed E-state index contributed by atoms with van der Waals surface area (Å²) < 4.78 is 1.87. The van der Waals surface area contributed by atoms with Crippen LogP contribution < -0.4 is 5.32 Å². The van der Waals surface area contributed by atoms with E-state index in [0.29, 0.717) is 6.54 Å². The second kappa shape index (κ2) is 6.32. The van der Waals surface area contributed by atoms with Crippen molar-refractivity contribution in [2.75, 3.05) is 0 Å². The molecule has 0 fully saturated rings. The maximum Gasteiger partial charge on any atom is 0.240 e. The van der Waals surface area contributed by atoms with E-state index in [1.807, 2.05) is 30.5 Å². The van der Waals surface area contributed by atoms with Crippen LogP contribution in [0.4, 0.5) is 0 Å². The summed E-state index contributed by atoms with van der Waals surface area (Å²) in [5, 5.41) is 3.05. The Morgan fingerprint density at radius 3 is 2.60 bits per heavy atom. The second-order valence-electron chi connectivity index (χ2n) is 4.85. The number of aryl methyl sites for hydroxylation is 1. The smallest absolute Gasteiger partial charge is 0.240 e. The number of imidazole rings is 1. The second-order valence-corrected chi connectivity index (χ2v) is 4.85. The van der Waals surface area contributed by atoms with Gasteiger partial charge in [0.05, 0.1) is 18.1 Å². The molecule has 1 N–H and O–H groups in total.